The summed E-state index contributed by atoms with van der Waals surface area (Å²) in [6.07, 6.45) is 5.83. The van der Waals surface area contributed by atoms with Gasteiger partial charge in [0, 0.05) is 6.08 Å². The smallest absolute Gasteiger partial charge is 0.463 e. The fourth-order valence-electron chi connectivity index (χ4n) is 1.37. The number of rotatable bonds is 7. The molecule has 5 nitrogen and oxygen atoms in total. The molecule has 1 fully saturated rings. The first kappa shape index (κ1) is 13.5. The van der Waals surface area contributed by atoms with E-state index in [4.69, 9.17) is 9.47 Å². The van der Waals surface area contributed by atoms with Gasteiger partial charge < -0.3 is 14.2 Å². The SMILES string of the molecule is CCCCCCOC(=O)/C=C/[C@@H]1COC(=O)O1. The van der Waals surface area contributed by atoms with Crippen molar-refractivity contribution >= 4 is 12.1 Å². The Bertz CT molecular complexity index is 285. The molecule has 1 rings (SSSR count). The second-order valence-electron chi connectivity index (χ2n) is 3.80. The molecule has 0 amide bonds. The Balaban J connectivity index is 2.08. The van der Waals surface area contributed by atoms with Crippen molar-refractivity contribution in [3.8, 4) is 0 Å². The van der Waals surface area contributed by atoms with Crippen molar-refractivity contribution in [2.24, 2.45) is 0 Å². The van der Waals surface area contributed by atoms with Gasteiger partial charge in [-0.3, -0.25) is 0 Å². The van der Waals surface area contributed by atoms with E-state index >= 15 is 0 Å². The van der Waals surface area contributed by atoms with Gasteiger partial charge in [0.2, 0.25) is 0 Å². The molecule has 1 atom stereocenters. The van der Waals surface area contributed by atoms with Crippen molar-refractivity contribution in [2.75, 3.05) is 13.2 Å². The fraction of sp³-hybridized carbons (Fsp3) is 0.667. The Labute approximate surface area is 101 Å². The molecular formula is C12H18O5. The molecule has 0 radical (unpaired) electrons. The van der Waals surface area contributed by atoms with Gasteiger partial charge in [0.05, 0.1) is 6.61 Å². The summed E-state index contributed by atoms with van der Waals surface area (Å²) in [6.45, 7) is 2.71. The van der Waals surface area contributed by atoms with E-state index in [1.54, 1.807) is 0 Å². The van der Waals surface area contributed by atoms with Gasteiger partial charge in [-0.1, -0.05) is 26.2 Å². The largest absolute Gasteiger partial charge is 0.509 e. The Morgan fingerprint density at radius 3 is 2.94 bits per heavy atom. The predicted molar refractivity (Wildman–Crippen MR) is 60.5 cm³/mol. The van der Waals surface area contributed by atoms with Gasteiger partial charge in [-0.15, -0.1) is 0 Å². The van der Waals surface area contributed by atoms with E-state index < -0.39 is 18.2 Å². The number of carbonyl (C=O) groups excluding carboxylic acids is 2. The average molecular weight is 242 g/mol. The average Bonchev–Trinajstić information content (AvgIpc) is 2.72. The number of cyclic esters (lactones) is 2. The van der Waals surface area contributed by atoms with E-state index in [2.05, 4.69) is 11.7 Å². The topological polar surface area (TPSA) is 61.8 Å². The molecule has 1 saturated heterocycles. The highest BCUT2D eigenvalue weighted by atomic mass is 16.8. The van der Waals surface area contributed by atoms with Crippen molar-refractivity contribution < 1.29 is 23.8 Å². The molecule has 0 spiro atoms. The van der Waals surface area contributed by atoms with Crippen LogP contribution in [0.1, 0.15) is 32.6 Å². The zero-order chi connectivity index (χ0) is 12.5. The highest BCUT2D eigenvalue weighted by Gasteiger charge is 2.22. The molecule has 0 aliphatic carbocycles. The Kier molecular flexibility index (Phi) is 6.14. The number of ether oxygens (including phenoxy) is 3. The standard InChI is InChI=1S/C12H18O5/c1-2-3-4-5-8-15-11(13)7-6-10-9-16-12(14)17-10/h6-7,10H,2-5,8-9H2,1H3/b7-6+/t10-/m1/s1. The molecule has 0 bridgehead atoms. The first-order valence-corrected chi connectivity index (χ1v) is 5.90. The Hall–Kier alpha value is -1.52. The molecule has 17 heavy (non-hydrogen) atoms. The summed E-state index contributed by atoms with van der Waals surface area (Å²) in [5, 5.41) is 0. The lowest BCUT2D eigenvalue weighted by Crippen LogP contribution is -2.08. The molecule has 0 aromatic carbocycles. The van der Waals surface area contributed by atoms with Crippen LogP contribution >= 0.6 is 0 Å². The second kappa shape index (κ2) is 7.70. The number of carbonyl (C=O) groups is 2. The molecule has 1 heterocycles. The number of hydrogen-bond donors (Lipinski definition) is 0. The van der Waals surface area contributed by atoms with E-state index in [1.165, 1.54) is 12.2 Å². The lowest BCUT2D eigenvalue weighted by atomic mass is 10.2. The molecule has 0 saturated carbocycles. The van der Waals surface area contributed by atoms with Gasteiger partial charge in [-0.2, -0.15) is 0 Å². The predicted octanol–water partition coefficient (Wildman–Crippen LogP) is 2.20. The maximum atomic E-state index is 11.2. The van der Waals surface area contributed by atoms with Gasteiger partial charge in [-0.05, 0) is 12.5 Å². The highest BCUT2D eigenvalue weighted by Crippen LogP contribution is 2.07. The van der Waals surface area contributed by atoms with Gasteiger partial charge in [-0.25, -0.2) is 9.59 Å². The molecule has 0 unspecified atom stereocenters. The minimum absolute atomic E-state index is 0.152. The molecular weight excluding hydrogens is 224 g/mol. The van der Waals surface area contributed by atoms with Crippen molar-refractivity contribution in [1.82, 2.24) is 0 Å². The van der Waals surface area contributed by atoms with Crippen LogP contribution in [-0.4, -0.2) is 31.4 Å². The van der Waals surface area contributed by atoms with E-state index in [0.29, 0.717) is 6.61 Å². The van der Waals surface area contributed by atoms with Crippen molar-refractivity contribution in [3.05, 3.63) is 12.2 Å². The Morgan fingerprint density at radius 2 is 2.29 bits per heavy atom. The number of esters is 1. The van der Waals surface area contributed by atoms with Crippen LogP contribution in [0.5, 0.6) is 0 Å². The summed E-state index contributed by atoms with van der Waals surface area (Å²) in [6, 6.07) is 0. The van der Waals surface area contributed by atoms with Crippen LogP contribution in [-0.2, 0) is 19.0 Å². The van der Waals surface area contributed by atoms with E-state index in [0.717, 1.165) is 25.7 Å². The quantitative estimate of drug-likeness (QED) is 0.389. The van der Waals surface area contributed by atoms with Gasteiger partial charge in [0.1, 0.15) is 6.61 Å². The summed E-state index contributed by atoms with van der Waals surface area (Å²) in [4.78, 5) is 21.8. The zero-order valence-electron chi connectivity index (χ0n) is 10.0. The van der Waals surface area contributed by atoms with Crippen LogP contribution in [0.2, 0.25) is 0 Å². The maximum absolute atomic E-state index is 11.2. The van der Waals surface area contributed by atoms with Crippen LogP contribution in [0.15, 0.2) is 12.2 Å². The molecule has 0 aromatic rings. The monoisotopic (exact) mass is 242 g/mol. The summed E-state index contributed by atoms with van der Waals surface area (Å²) in [7, 11) is 0. The third kappa shape index (κ3) is 5.94. The number of hydrogen-bond acceptors (Lipinski definition) is 5. The van der Waals surface area contributed by atoms with Gasteiger partial charge in [0.25, 0.3) is 0 Å². The first-order chi connectivity index (χ1) is 8.22. The zero-order valence-corrected chi connectivity index (χ0v) is 10.0. The van der Waals surface area contributed by atoms with Gasteiger partial charge >= 0.3 is 12.1 Å². The maximum Gasteiger partial charge on any atom is 0.509 e. The molecule has 5 heteroatoms. The lowest BCUT2D eigenvalue weighted by molar-refractivity contribution is -0.137. The van der Waals surface area contributed by atoms with Crippen LogP contribution < -0.4 is 0 Å². The third-order valence-electron chi connectivity index (χ3n) is 2.30. The molecule has 96 valence electrons. The van der Waals surface area contributed by atoms with Crippen molar-refractivity contribution in [3.63, 3.8) is 0 Å². The van der Waals surface area contributed by atoms with E-state index in [-0.39, 0.29) is 6.61 Å². The lowest BCUT2D eigenvalue weighted by Gasteiger charge is -2.01. The summed E-state index contributed by atoms with van der Waals surface area (Å²) in [5.41, 5.74) is 0. The van der Waals surface area contributed by atoms with Crippen LogP contribution in [0.25, 0.3) is 0 Å². The van der Waals surface area contributed by atoms with Crippen LogP contribution in [0.4, 0.5) is 4.79 Å². The Morgan fingerprint density at radius 1 is 1.47 bits per heavy atom. The molecule has 1 aliphatic rings. The van der Waals surface area contributed by atoms with Crippen LogP contribution in [0.3, 0.4) is 0 Å². The summed E-state index contributed by atoms with van der Waals surface area (Å²) >= 11 is 0. The highest BCUT2D eigenvalue weighted by molar-refractivity contribution is 5.82. The summed E-state index contributed by atoms with van der Waals surface area (Å²) in [5.74, 6) is -0.413. The fourth-order valence-corrected chi connectivity index (χ4v) is 1.37. The minimum Gasteiger partial charge on any atom is -0.463 e. The minimum atomic E-state index is -0.701. The van der Waals surface area contributed by atoms with Crippen LogP contribution in [0, 0.1) is 0 Å². The second-order valence-corrected chi connectivity index (χ2v) is 3.80. The molecule has 0 aromatic heterocycles. The molecule has 0 N–H and O–H groups in total. The van der Waals surface area contributed by atoms with Crippen molar-refractivity contribution in [2.45, 2.75) is 38.7 Å². The molecule has 1 aliphatic heterocycles. The normalized spacial score (nSPS) is 19.1. The first-order valence-electron chi connectivity index (χ1n) is 5.90. The van der Waals surface area contributed by atoms with Gasteiger partial charge in [0.15, 0.2) is 6.10 Å². The summed E-state index contributed by atoms with van der Waals surface area (Å²) < 4.78 is 14.2. The third-order valence-corrected chi connectivity index (χ3v) is 2.30. The van der Waals surface area contributed by atoms with E-state index in [1.807, 2.05) is 0 Å². The van der Waals surface area contributed by atoms with Crippen molar-refractivity contribution in [1.29, 1.82) is 0 Å². The number of unbranched alkanes of at least 4 members (excludes halogenated alkanes) is 3. The van der Waals surface area contributed by atoms with E-state index in [9.17, 15) is 9.59 Å².